The van der Waals surface area contributed by atoms with Gasteiger partial charge in [-0.25, -0.2) is 4.79 Å². The van der Waals surface area contributed by atoms with Crippen molar-refractivity contribution in [1.29, 1.82) is 0 Å². The Hall–Kier alpha value is -1.48. The lowest BCUT2D eigenvalue weighted by molar-refractivity contribution is -0.235. The van der Waals surface area contributed by atoms with Crippen molar-refractivity contribution in [3.63, 3.8) is 0 Å². The van der Waals surface area contributed by atoms with Crippen molar-refractivity contribution >= 4 is 28.6 Å². The van der Waals surface area contributed by atoms with Crippen molar-refractivity contribution < 1.29 is 24.1 Å². The number of aliphatic hydroxyl groups is 1. The molecule has 0 aliphatic carbocycles. The highest BCUT2D eigenvalue weighted by Gasteiger charge is 2.41. The lowest BCUT2D eigenvalue weighted by Crippen LogP contribution is -2.52. The molecule has 2 aromatic rings. The van der Waals surface area contributed by atoms with Crippen LogP contribution in [0.5, 0.6) is 0 Å². The van der Waals surface area contributed by atoms with E-state index in [1.807, 2.05) is 36.4 Å². The van der Waals surface area contributed by atoms with Crippen molar-refractivity contribution in [3.05, 3.63) is 71.8 Å². The van der Waals surface area contributed by atoms with Crippen LogP contribution in [0.1, 0.15) is 22.3 Å². The van der Waals surface area contributed by atoms with Gasteiger partial charge >= 0.3 is 5.97 Å². The summed E-state index contributed by atoms with van der Waals surface area (Å²) in [6, 6.07) is 18.6. The van der Waals surface area contributed by atoms with Crippen LogP contribution in [0.2, 0.25) is 0 Å². The Labute approximate surface area is 166 Å². The van der Waals surface area contributed by atoms with Gasteiger partial charge in [0.2, 0.25) is 0 Å². The first-order chi connectivity index (χ1) is 12.7. The molecular formula is C20H21IO5. The minimum atomic E-state index is -0.929. The topological polar surface area (TPSA) is 65.0 Å². The molecule has 3 rings (SSSR count). The monoisotopic (exact) mass is 468 g/mol. The van der Waals surface area contributed by atoms with Gasteiger partial charge in [0.25, 0.3) is 0 Å². The van der Waals surface area contributed by atoms with Gasteiger partial charge < -0.3 is 19.3 Å². The zero-order valence-corrected chi connectivity index (χ0v) is 16.3. The Morgan fingerprint density at radius 1 is 1.12 bits per heavy atom. The molecule has 138 valence electrons. The molecule has 1 fully saturated rings. The van der Waals surface area contributed by atoms with E-state index in [-0.39, 0.29) is 6.42 Å². The summed E-state index contributed by atoms with van der Waals surface area (Å²) in [6.45, 7) is 0.381. The fourth-order valence-electron chi connectivity index (χ4n) is 2.89. The Morgan fingerprint density at radius 3 is 2.42 bits per heavy atom. The van der Waals surface area contributed by atoms with Crippen LogP contribution in [0, 0.1) is 0 Å². The summed E-state index contributed by atoms with van der Waals surface area (Å²) in [7, 11) is 0. The molecule has 0 bridgehead atoms. The highest BCUT2D eigenvalue weighted by molar-refractivity contribution is 14.1. The quantitative estimate of drug-likeness (QED) is 0.401. The minimum Gasteiger partial charge on any atom is -0.453 e. The van der Waals surface area contributed by atoms with Gasteiger partial charge in [0.1, 0.15) is 12.2 Å². The summed E-state index contributed by atoms with van der Waals surface area (Å²) in [5, 5.41) is 10.0. The minimum absolute atomic E-state index is 0.257. The summed E-state index contributed by atoms with van der Waals surface area (Å²) in [5.74, 6) is -0.418. The molecule has 0 saturated carbocycles. The number of rotatable bonds is 6. The Bertz CT molecular complexity index is 694. The molecule has 5 nitrogen and oxygen atoms in total. The molecule has 0 radical (unpaired) electrons. The molecule has 0 aromatic heterocycles. The van der Waals surface area contributed by atoms with E-state index < -0.39 is 30.6 Å². The van der Waals surface area contributed by atoms with Crippen LogP contribution in [0.4, 0.5) is 0 Å². The van der Waals surface area contributed by atoms with E-state index in [0.717, 1.165) is 5.56 Å². The molecule has 1 heterocycles. The highest BCUT2D eigenvalue weighted by Crippen LogP contribution is 2.27. The maximum atomic E-state index is 12.5. The van der Waals surface area contributed by atoms with E-state index in [4.69, 9.17) is 14.2 Å². The first kappa shape index (κ1) is 19.3. The first-order valence-corrected chi connectivity index (χ1v) is 10.0. The van der Waals surface area contributed by atoms with E-state index in [1.54, 1.807) is 24.3 Å². The Kier molecular flexibility index (Phi) is 7.01. The maximum absolute atomic E-state index is 12.5. The maximum Gasteiger partial charge on any atom is 0.338 e. The number of carbonyl (C=O) groups is 1. The number of alkyl halides is 1. The molecule has 1 N–H and O–H groups in total. The highest BCUT2D eigenvalue weighted by atomic mass is 127. The summed E-state index contributed by atoms with van der Waals surface area (Å²) < 4.78 is 17.9. The van der Waals surface area contributed by atoms with Crippen molar-refractivity contribution in [3.8, 4) is 0 Å². The predicted octanol–water partition coefficient (Wildman–Crippen LogP) is 3.34. The average molecular weight is 468 g/mol. The van der Waals surface area contributed by atoms with Crippen LogP contribution in [0.15, 0.2) is 60.7 Å². The Morgan fingerprint density at radius 2 is 1.77 bits per heavy atom. The molecule has 2 aromatic carbocycles. The van der Waals surface area contributed by atoms with Crippen LogP contribution < -0.4 is 0 Å². The van der Waals surface area contributed by atoms with Gasteiger partial charge in [0.05, 0.1) is 12.2 Å². The molecular weight excluding hydrogens is 447 g/mol. The normalized spacial score (nSPS) is 25.6. The van der Waals surface area contributed by atoms with E-state index in [2.05, 4.69) is 22.6 Å². The van der Waals surface area contributed by atoms with Gasteiger partial charge in [-0.3, -0.25) is 0 Å². The number of carbonyl (C=O) groups excluding carboxylic acids is 1. The summed E-state index contributed by atoms with van der Waals surface area (Å²) in [5.41, 5.74) is 1.50. The van der Waals surface area contributed by atoms with E-state index >= 15 is 0 Å². The molecule has 1 aliphatic heterocycles. The van der Waals surface area contributed by atoms with Crippen molar-refractivity contribution in [2.24, 2.45) is 0 Å². The van der Waals surface area contributed by atoms with Gasteiger partial charge in [-0.15, -0.1) is 0 Å². The number of hydrogen-bond acceptors (Lipinski definition) is 5. The van der Waals surface area contributed by atoms with Crippen molar-refractivity contribution in [2.75, 3.05) is 4.43 Å². The largest absolute Gasteiger partial charge is 0.453 e. The third-order valence-electron chi connectivity index (χ3n) is 4.21. The van der Waals surface area contributed by atoms with Gasteiger partial charge in [0, 0.05) is 10.8 Å². The number of ether oxygens (including phenoxy) is 3. The second-order valence-corrected chi connectivity index (χ2v) is 6.97. The second-order valence-electron chi connectivity index (χ2n) is 6.09. The number of aliphatic hydroxyl groups excluding tert-OH is 1. The number of halogens is 1. The lowest BCUT2D eigenvalue weighted by atomic mass is 10.0. The van der Waals surface area contributed by atoms with Gasteiger partial charge in [0.15, 0.2) is 12.4 Å². The van der Waals surface area contributed by atoms with Gasteiger partial charge in [-0.05, 0) is 17.7 Å². The molecule has 26 heavy (non-hydrogen) atoms. The van der Waals surface area contributed by atoms with Crippen LogP contribution in [-0.2, 0) is 20.8 Å². The summed E-state index contributed by atoms with van der Waals surface area (Å²) in [4.78, 5) is 12.5. The molecule has 1 aliphatic rings. The van der Waals surface area contributed by atoms with E-state index in [9.17, 15) is 9.90 Å². The van der Waals surface area contributed by atoms with Crippen LogP contribution in [0.25, 0.3) is 0 Å². The Balaban J connectivity index is 1.71. The third kappa shape index (κ3) is 5.03. The van der Waals surface area contributed by atoms with E-state index in [0.29, 0.717) is 16.6 Å². The summed E-state index contributed by atoms with van der Waals surface area (Å²) >= 11 is 2.16. The standard InChI is InChI=1S/C20H21IO5/c21-12-17-19(26-20(23)15-9-5-2-6-10-15)16(11-18(22)25-17)24-13-14-7-3-1-4-8-14/h1-10,16-19,22H,11-13H2/t16-,17-,18?,19+/m1/s1. The van der Waals surface area contributed by atoms with Gasteiger partial charge in [-0.2, -0.15) is 0 Å². The molecule has 1 saturated heterocycles. The number of benzene rings is 2. The second kappa shape index (κ2) is 9.45. The van der Waals surface area contributed by atoms with Crippen molar-refractivity contribution in [2.45, 2.75) is 37.6 Å². The first-order valence-electron chi connectivity index (χ1n) is 8.48. The number of esters is 1. The smallest absolute Gasteiger partial charge is 0.338 e. The van der Waals surface area contributed by atoms with E-state index in [1.165, 1.54) is 0 Å². The molecule has 4 atom stereocenters. The average Bonchev–Trinajstić information content (AvgIpc) is 2.69. The zero-order chi connectivity index (χ0) is 18.4. The summed E-state index contributed by atoms with van der Waals surface area (Å²) in [6.07, 6.45) is -2.11. The van der Waals surface area contributed by atoms with Gasteiger partial charge in [-0.1, -0.05) is 71.1 Å². The molecule has 0 spiro atoms. The fraction of sp³-hybridized carbons (Fsp3) is 0.350. The fourth-order valence-corrected chi connectivity index (χ4v) is 3.60. The zero-order valence-electron chi connectivity index (χ0n) is 14.2. The number of hydrogen-bond donors (Lipinski definition) is 1. The lowest BCUT2D eigenvalue weighted by Gasteiger charge is -2.38. The van der Waals surface area contributed by atoms with Crippen LogP contribution >= 0.6 is 22.6 Å². The SMILES string of the molecule is O=C(O[C@H]1[C@H](OCc2ccccc2)CC(O)O[C@@H]1CI)c1ccccc1. The van der Waals surface area contributed by atoms with Crippen LogP contribution in [-0.4, -0.2) is 40.1 Å². The molecule has 0 amide bonds. The third-order valence-corrected chi connectivity index (χ3v) is 5.08. The predicted molar refractivity (Wildman–Crippen MR) is 105 cm³/mol. The molecule has 6 heteroatoms. The van der Waals surface area contributed by atoms with Crippen molar-refractivity contribution in [1.82, 2.24) is 0 Å². The van der Waals surface area contributed by atoms with Crippen LogP contribution in [0.3, 0.4) is 0 Å². The molecule has 1 unspecified atom stereocenters.